The Morgan fingerprint density at radius 1 is 1.10 bits per heavy atom. The minimum atomic E-state index is -0.0462. The van der Waals surface area contributed by atoms with Gasteiger partial charge in [-0.1, -0.05) is 13.8 Å². The maximum Gasteiger partial charge on any atom is 0.223 e. The van der Waals surface area contributed by atoms with Crippen molar-refractivity contribution in [3.8, 4) is 0 Å². The topological polar surface area (TPSA) is 52.7 Å². The lowest BCUT2D eigenvalue weighted by Gasteiger charge is -2.22. The number of hydrogen-bond donors (Lipinski definition) is 1. The van der Waals surface area contributed by atoms with E-state index in [0.29, 0.717) is 13.1 Å². The number of nitrogens with zero attached hydrogens (tertiary/aromatic N) is 2. The highest BCUT2D eigenvalue weighted by Gasteiger charge is 2.12. The van der Waals surface area contributed by atoms with Gasteiger partial charge in [-0.25, -0.2) is 0 Å². The third-order valence-electron chi connectivity index (χ3n) is 3.22. The fraction of sp³-hybridized carbons (Fsp3) is 0.500. The summed E-state index contributed by atoms with van der Waals surface area (Å²) in [6, 6.07) is 7.78. The molecule has 0 unspecified atom stereocenters. The number of rotatable bonds is 6. The first-order chi connectivity index (χ1) is 9.82. The number of anilines is 2. The van der Waals surface area contributed by atoms with E-state index in [1.807, 2.05) is 57.1 Å². The highest BCUT2D eigenvalue weighted by molar-refractivity contribution is 5.91. The third kappa shape index (κ3) is 5.10. The molecular weight excluding hydrogens is 266 g/mol. The Morgan fingerprint density at radius 2 is 1.62 bits per heavy atom. The van der Waals surface area contributed by atoms with E-state index in [0.717, 1.165) is 11.4 Å². The summed E-state index contributed by atoms with van der Waals surface area (Å²) in [6.07, 6.45) is 0. The molecule has 0 aliphatic rings. The first-order valence-electron chi connectivity index (χ1n) is 7.16. The van der Waals surface area contributed by atoms with Gasteiger partial charge in [0.05, 0.1) is 0 Å². The van der Waals surface area contributed by atoms with Crippen molar-refractivity contribution in [1.82, 2.24) is 5.32 Å². The zero-order valence-corrected chi connectivity index (χ0v) is 13.5. The van der Waals surface area contributed by atoms with Crippen molar-refractivity contribution in [3.63, 3.8) is 0 Å². The lowest BCUT2D eigenvalue weighted by Crippen LogP contribution is -2.38. The van der Waals surface area contributed by atoms with Gasteiger partial charge in [0.2, 0.25) is 11.8 Å². The summed E-state index contributed by atoms with van der Waals surface area (Å²) in [5, 5.41) is 2.83. The quantitative estimate of drug-likeness (QED) is 0.870. The van der Waals surface area contributed by atoms with Crippen LogP contribution in [0.15, 0.2) is 24.3 Å². The van der Waals surface area contributed by atoms with Gasteiger partial charge in [-0.05, 0) is 24.3 Å². The van der Waals surface area contributed by atoms with Crippen molar-refractivity contribution in [2.45, 2.75) is 20.8 Å². The fourth-order valence-electron chi connectivity index (χ4n) is 1.89. The molecular formula is C16H25N3O2. The molecule has 1 aromatic rings. The van der Waals surface area contributed by atoms with Crippen molar-refractivity contribution in [2.75, 3.05) is 37.0 Å². The molecule has 0 radical (unpaired) electrons. The Balaban J connectivity index is 2.69. The minimum Gasteiger partial charge on any atom is -0.378 e. The van der Waals surface area contributed by atoms with Gasteiger partial charge in [0.15, 0.2) is 0 Å². The maximum absolute atomic E-state index is 11.8. The molecule has 0 aliphatic heterocycles. The molecule has 0 aromatic heterocycles. The van der Waals surface area contributed by atoms with Gasteiger partial charge >= 0.3 is 0 Å². The number of hydrogen-bond acceptors (Lipinski definition) is 3. The standard InChI is InChI=1S/C16H25N3O2/c1-12(2)16(21)17-10-11-19(13(3)20)15-8-6-14(7-9-15)18(4)5/h6-9,12H,10-11H2,1-5H3,(H,17,21). The third-order valence-corrected chi connectivity index (χ3v) is 3.22. The summed E-state index contributed by atoms with van der Waals surface area (Å²) in [7, 11) is 3.94. The number of nitrogens with one attached hydrogen (secondary N) is 1. The molecule has 0 heterocycles. The Bertz CT molecular complexity index is 481. The molecule has 0 fully saturated rings. The second-order valence-corrected chi connectivity index (χ2v) is 5.53. The Hall–Kier alpha value is -2.04. The molecule has 1 N–H and O–H groups in total. The van der Waals surface area contributed by atoms with E-state index in [1.165, 1.54) is 6.92 Å². The van der Waals surface area contributed by atoms with Gasteiger partial charge in [0.25, 0.3) is 0 Å². The first-order valence-corrected chi connectivity index (χ1v) is 7.16. The van der Waals surface area contributed by atoms with Crippen LogP contribution in [0.5, 0.6) is 0 Å². The average molecular weight is 291 g/mol. The van der Waals surface area contributed by atoms with E-state index in [1.54, 1.807) is 4.90 Å². The van der Waals surface area contributed by atoms with Crippen LogP contribution in [0.1, 0.15) is 20.8 Å². The van der Waals surface area contributed by atoms with E-state index in [2.05, 4.69) is 5.32 Å². The predicted octanol–water partition coefficient (Wildman–Crippen LogP) is 1.88. The SMILES string of the molecule is CC(=O)N(CCNC(=O)C(C)C)c1ccc(N(C)C)cc1. The molecule has 0 saturated carbocycles. The van der Waals surface area contributed by atoms with E-state index in [9.17, 15) is 9.59 Å². The molecule has 5 heteroatoms. The second kappa shape index (κ2) is 7.67. The summed E-state index contributed by atoms with van der Waals surface area (Å²) in [6.45, 7) is 6.14. The Morgan fingerprint density at radius 3 is 2.05 bits per heavy atom. The largest absolute Gasteiger partial charge is 0.378 e. The number of carbonyl (C=O) groups excluding carboxylic acids is 2. The normalized spacial score (nSPS) is 10.4. The van der Waals surface area contributed by atoms with Gasteiger partial charge in [0.1, 0.15) is 0 Å². The lowest BCUT2D eigenvalue weighted by atomic mass is 10.2. The van der Waals surface area contributed by atoms with Crippen molar-refractivity contribution in [2.24, 2.45) is 5.92 Å². The van der Waals surface area contributed by atoms with Crippen LogP contribution in [0.25, 0.3) is 0 Å². The Kier molecular flexibility index (Phi) is 6.21. The van der Waals surface area contributed by atoms with Gasteiger partial charge in [-0.2, -0.15) is 0 Å². The lowest BCUT2D eigenvalue weighted by molar-refractivity contribution is -0.124. The van der Waals surface area contributed by atoms with Crippen molar-refractivity contribution >= 4 is 23.2 Å². The molecule has 0 atom stereocenters. The van der Waals surface area contributed by atoms with Crippen molar-refractivity contribution in [1.29, 1.82) is 0 Å². The Labute approximate surface area is 126 Å². The summed E-state index contributed by atoms with van der Waals surface area (Å²) in [5.74, 6) is -0.0805. The van der Waals surface area contributed by atoms with Crippen LogP contribution in [0, 0.1) is 5.92 Å². The van der Waals surface area contributed by atoms with Crippen LogP contribution in [0.4, 0.5) is 11.4 Å². The summed E-state index contributed by atoms with van der Waals surface area (Å²) < 4.78 is 0. The molecule has 0 bridgehead atoms. The molecule has 116 valence electrons. The van der Waals surface area contributed by atoms with E-state index >= 15 is 0 Å². The molecule has 0 spiro atoms. The van der Waals surface area contributed by atoms with Crippen LogP contribution in [0.3, 0.4) is 0 Å². The zero-order chi connectivity index (χ0) is 16.0. The minimum absolute atomic E-state index is 0.00135. The maximum atomic E-state index is 11.8. The molecule has 1 aromatic carbocycles. The predicted molar refractivity (Wildman–Crippen MR) is 86.6 cm³/mol. The van der Waals surface area contributed by atoms with Crippen LogP contribution in [0.2, 0.25) is 0 Å². The van der Waals surface area contributed by atoms with Crippen LogP contribution in [-0.2, 0) is 9.59 Å². The molecule has 21 heavy (non-hydrogen) atoms. The van der Waals surface area contributed by atoms with Gasteiger partial charge in [0, 0.05) is 51.4 Å². The number of amides is 2. The molecule has 5 nitrogen and oxygen atoms in total. The van der Waals surface area contributed by atoms with Gasteiger partial charge in [-0.15, -0.1) is 0 Å². The van der Waals surface area contributed by atoms with Crippen molar-refractivity contribution in [3.05, 3.63) is 24.3 Å². The average Bonchev–Trinajstić information content (AvgIpc) is 2.42. The highest BCUT2D eigenvalue weighted by Crippen LogP contribution is 2.19. The van der Waals surface area contributed by atoms with Crippen LogP contribution >= 0.6 is 0 Å². The first kappa shape index (κ1) is 17.0. The molecule has 1 rings (SSSR count). The fourth-order valence-corrected chi connectivity index (χ4v) is 1.89. The summed E-state index contributed by atoms with van der Waals surface area (Å²) >= 11 is 0. The molecule has 0 saturated heterocycles. The summed E-state index contributed by atoms with van der Waals surface area (Å²) in [5.41, 5.74) is 1.92. The molecule has 2 amide bonds. The van der Waals surface area contributed by atoms with Crippen LogP contribution < -0.4 is 15.1 Å². The highest BCUT2D eigenvalue weighted by atomic mass is 16.2. The second-order valence-electron chi connectivity index (χ2n) is 5.53. The van der Waals surface area contributed by atoms with E-state index in [4.69, 9.17) is 0 Å². The van der Waals surface area contributed by atoms with Crippen molar-refractivity contribution < 1.29 is 9.59 Å². The van der Waals surface area contributed by atoms with E-state index in [-0.39, 0.29) is 17.7 Å². The van der Waals surface area contributed by atoms with Crippen LogP contribution in [-0.4, -0.2) is 39.0 Å². The molecule has 0 aliphatic carbocycles. The monoisotopic (exact) mass is 291 g/mol. The smallest absolute Gasteiger partial charge is 0.223 e. The summed E-state index contributed by atoms with van der Waals surface area (Å²) in [4.78, 5) is 27.0. The van der Waals surface area contributed by atoms with Gasteiger partial charge in [-0.3, -0.25) is 9.59 Å². The number of carbonyl (C=O) groups is 2. The van der Waals surface area contributed by atoms with Gasteiger partial charge < -0.3 is 15.1 Å². The van der Waals surface area contributed by atoms with E-state index < -0.39 is 0 Å². The zero-order valence-electron chi connectivity index (χ0n) is 13.5. The number of benzene rings is 1.